The molecule has 0 saturated heterocycles. The lowest BCUT2D eigenvalue weighted by Gasteiger charge is -2.11. The SMILES string of the molecule is NC(=O)c1cc(N)cc(Cl)c1Oc1cncc(Cl)c1. The molecular weight excluding hydrogens is 289 g/mol. The van der Waals surface area contributed by atoms with Crippen molar-refractivity contribution in [2.75, 3.05) is 5.73 Å². The number of amides is 1. The summed E-state index contributed by atoms with van der Waals surface area (Å²) in [5.74, 6) is -0.242. The zero-order valence-electron chi connectivity index (χ0n) is 9.56. The number of rotatable bonds is 3. The van der Waals surface area contributed by atoms with Gasteiger partial charge in [-0.3, -0.25) is 9.78 Å². The van der Waals surface area contributed by atoms with E-state index in [4.69, 9.17) is 39.4 Å². The van der Waals surface area contributed by atoms with E-state index >= 15 is 0 Å². The minimum atomic E-state index is -0.695. The van der Waals surface area contributed by atoms with Gasteiger partial charge in [-0.05, 0) is 12.1 Å². The van der Waals surface area contributed by atoms with Crippen molar-refractivity contribution >= 4 is 34.8 Å². The fourth-order valence-corrected chi connectivity index (χ4v) is 1.90. The van der Waals surface area contributed by atoms with Gasteiger partial charge in [0.2, 0.25) is 0 Å². The van der Waals surface area contributed by atoms with Gasteiger partial charge >= 0.3 is 0 Å². The van der Waals surface area contributed by atoms with Gasteiger partial charge in [0.05, 0.1) is 21.8 Å². The third kappa shape index (κ3) is 3.07. The molecule has 0 saturated carbocycles. The Labute approximate surface area is 119 Å². The minimum absolute atomic E-state index is 0.0879. The first kappa shape index (κ1) is 13.5. The molecule has 2 aromatic rings. The number of aromatic nitrogens is 1. The van der Waals surface area contributed by atoms with Gasteiger partial charge in [-0.25, -0.2) is 0 Å². The Hall–Kier alpha value is -1.98. The summed E-state index contributed by atoms with van der Waals surface area (Å²) in [5.41, 5.74) is 11.3. The first-order chi connectivity index (χ1) is 8.97. The molecule has 4 N–H and O–H groups in total. The van der Waals surface area contributed by atoms with Crippen molar-refractivity contribution in [2.45, 2.75) is 0 Å². The van der Waals surface area contributed by atoms with Crippen LogP contribution in [0.25, 0.3) is 0 Å². The number of carbonyl (C=O) groups excluding carboxylic acids is 1. The van der Waals surface area contributed by atoms with Gasteiger partial charge in [0.15, 0.2) is 5.75 Å². The Morgan fingerprint density at radius 1 is 1.21 bits per heavy atom. The first-order valence-corrected chi connectivity index (χ1v) is 5.90. The van der Waals surface area contributed by atoms with E-state index in [-0.39, 0.29) is 16.3 Å². The largest absolute Gasteiger partial charge is 0.453 e. The molecule has 0 spiro atoms. The highest BCUT2D eigenvalue weighted by Gasteiger charge is 2.16. The number of primary amides is 1. The average Bonchev–Trinajstić information content (AvgIpc) is 2.32. The van der Waals surface area contributed by atoms with Crippen LogP contribution in [0.2, 0.25) is 10.0 Å². The second-order valence-electron chi connectivity index (χ2n) is 3.68. The number of nitrogens with two attached hydrogens (primary N) is 2. The molecule has 5 nitrogen and oxygen atoms in total. The first-order valence-electron chi connectivity index (χ1n) is 5.14. The fraction of sp³-hybridized carbons (Fsp3) is 0. The average molecular weight is 298 g/mol. The van der Waals surface area contributed by atoms with Gasteiger partial charge in [0.1, 0.15) is 5.75 Å². The molecule has 98 valence electrons. The molecule has 1 heterocycles. The molecule has 1 amide bonds. The standard InChI is InChI=1S/C12H9Cl2N3O2/c13-6-1-8(5-17-4-6)19-11-9(12(16)18)2-7(15)3-10(11)14/h1-5H,15H2,(H2,16,18). The van der Waals surface area contributed by atoms with E-state index in [0.717, 1.165) is 0 Å². The second-order valence-corrected chi connectivity index (χ2v) is 4.53. The van der Waals surface area contributed by atoms with Crippen molar-refractivity contribution in [1.29, 1.82) is 0 Å². The zero-order valence-corrected chi connectivity index (χ0v) is 11.1. The van der Waals surface area contributed by atoms with Gasteiger partial charge in [-0.2, -0.15) is 0 Å². The lowest BCUT2D eigenvalue weighted by molar-refractivity contribution is 0.0998. The summed E-state index contributed by atoms with van der Waals surface area (Å²) in [6, 6.07) is 4.38. The molecule has 0 unspecified atom stereocenters. The van der Waals surface area contributed by atoms with Crippen LogP contribution in [0.1, 0.15) is 10.4 Å². The summed E-state index contributed by atoms with van der Waals surface area (Å²) in [5, 5.41) is 0.568. The van der Waals surface area contributed by atoms with Crippen molar-refractivity contribution in [2.24, 2.45) is 5.73 Å². The van der Waals surface area contributed by atoms with E-state index in [1.807, 2.05) is 0 Å². The third-order valence-electron chi connectivity index (χ3n) is 2.23. The van der Waals surface area contributed by atoms with E-state index in [0.29, 0.717) is 16.5 Å². The quantitative estimate of drug-likeness (QED) is 0.852. The number of nitrogens with zero attached hydrogens (tertiary/aromatic N) is 1. The number of pyridine rings is 1. The molecular formula is C12H9Cl2N3O2. The van der Waals surface area contributed by atoms with Gasteiger partial charge < -0.3 is 16.2 Å². The monoisotopic (exact) mass is 297 g/mol. The van der Waals surface area contributed by atoms with E-state index in [2.05, 4.69) is 4.98 Å². The van der Waals surface area contributed by atoms with Crippen LogP contribution in [0.4, 0.5) is 5.69 Å². The van der Waals surface area contributed by atoms with E-state index in [1.54, 1.807) is 0 Å². The number of ether oxygens (including phenoxy) is 1. The predicted octanol–water partition coefficient (Wildman–Crippen LogP) is 2.86. The van der Waals surface area contributed by atoms with E-state index in [9.17, 15) is 4.79 Å². The molecule has 0 aliphatic heterocycles. The molecule has 0 aliphatic carbocycles. The number of hydrogen-bond acceptors (Lipinski definition) is 4. The molecule has 0 atom stereocenters. The molecule has 1 aromatic carbocycles. The predicted molar refractivity (Wildman–Crippen MR) is 73.7 cm³/mol. The van der Waals surface area contributed by atoms with Gasteiger partial charge in [-0.15, -0.1) is 0 Å². The number of anilines is 1. The van der Waals surface area contributed by atoms with Crippen molar-refractivity contribution in [3.63, 3.8) is 0 Å². The van der Waals surface area contributed by atoms with Crippen LogP contribution in [0.5, 0.6) is 11.5 Å². The van der Waals surface area contributed by atoms with Crippen LogP contribution in [0, 0.1) is 0 Å². The Kier molecular flexibility index (Phi) is 3.78. The second kappa shape index (κ2) is 5.34. The third-order valence-corrected chi connectivity index (χ3v) is 2.72. The maximum Gasteiger partial charge on any atom is 0.252 e. The molecule has 0 fully saturated rings. The lowest BCUT2D eigenvalue weighted by atomic mass is 10.1. The van der Waals surface area contributed by atoms with E-state index in [1.165, 1.54) is 30.6 Å². The Morgan fingerprint density at radius 3 is 2.58 bits per heavy atom. The number of halogens is 2. The number of benzene rings is 1. The molecule has 19 heavy (non-hydrogen) atoms. The lowest BCUT2D eigenvalue weighted by Crippen LogP contribution is -2.13. The number of nitrogen functional groups attached to an aromatic ring is 1. The van der Waals surface area contributed by atoms with Crippen molar-refractivity contribution < 1.29 is 9.53 Å². The van der Waals surface area contributed by atoms with Crippen LogP contribution in [0.15, 0.2) is 30.6 Å². The summed E-state index contributed by atoms with van der Waals surface area (Å²) in [7, 11) is 0. The van der Waals surface area contributed by atoms with Crippen LogP contribution >= 0.6 is 23.2 Å². The summed E-state index contributed by atoms with van der Waals surface area (Å²) in [6.45, 7) is 0. The summed E-state index contributed by atoms with van der Waals surface area (Å²) in [6.07, 6.45) is 2.89. The maximum atomic E-state index is 11.4. The minimum Gasteiger partial charge on any atom is -0.453 e. The molecule has 1 aromatic heterocycles. The Morgan fingerprint density at radius 2 is 1.95 bits per heavy atom. The summed E-state index contributed by atoms with van der Waals surface area (Å²) in [4.78, 5) is 15.2. The topological polar surface area (TPSA) is 91.2 Å². The van der Waals surface area contributed by atoms with Gasteiger partial charge in [-0.1, -0.05) is 23.2 Å². The Balaban J connectivity index is 2.47. The number of hydrogen-bond donors (Lipinski definition) is 2. The van der Waals surface area contributed by atoms with Gasteiger partial charge in [0, 0.05) is 18.0 Å². The summed E-state index contributed by atoms with van der Waals surface area (Å²) < 4.78 is 5.50. The van der Waals surface area contributed by atoms with Crippen LogP contribution in [-0.4, -0.2) is 10.9 Å². The van der Waals surface area contributed by atoms with Gasteiger partial charge in [0.25, 0.3) is 5.91 Å². The van der Waals surface area contributed by atoms with Crippen LogP contribution in [0.3, 0.4) is 0 Å². The van der Waals surface area contributed by atoms with Crippen LogP contribution in [-0.2, 0) is 0 Å². The highest BCUT2D eigenvalue weighted by Crippen LogP contribution is 2.35. The summed E-state index contributed by atoms with van der Waals surface area (Å²) >= 11 is 11.8. The number of carbonyl (C=O) groups is 1. The highest BCUT2D eigenvalue weighted by atomic mass is 35.5. The van der Waals surface area contributed by atoms with Crippen molar-refractivity contribution in [3.8, 4) is 11.5 Å². The molecule has 7 heteroatoms. The zero-order chi connectivity index (χ0) is 14.0. The van der Waals surface area contributed by atoms with Crippen molar-refractivity contribution in [1.82, 2.24) is 4.98 Å². The maximum absolute atomic E-state index is 11.4. The van der Waals surface area contributed by atoms with Crippen LogP contribution < -0.4 is 16.2 Å². The highest BCUT2D eigenvalue weighted by molar-refractivity contribution is 6.33. The molecule has 0 radical (unpaired) electrons. The Bertz CT molecular complexity index is 647. The van der Waals surface area contributed by atoms with E-state index < -0.39 is 5.91 Å². The normalized spacial score (nSPS) is 10.2. The smallest absolute Gasteiger partial charge is 0.252 e. The fourth-order valence-electron chi connectivity index (χ4n) is 1.47. The molecule has 0 bridgehead atoms. The molecule has 2 rings (SSSR count). The van der Waals surface area contributed by atoms with Crippen molar-refractivity contribution in [3.05, 3.63) is 46.2 Å². The molecule has 0 aliphatic rings.